The average Bonchev–Trinajstić information content (AvgIpc) is 2.95. The molecule has 1 aliphatic heterocycles. The highest BCUT2D eigenvalue weighted by molar-refractivity contribution is 5.51. The van der Waals surface area contributed by atoms with Crippen molar-refractivity contribution < 1.29 is 0 Å². The van der Waals surface area contributed by atoms with E-state index in [0.29, 0.717) is 11.6 Å². The average molecular weight is 280 g/mol. The fourth-order valence-electron chi connectivity index (χ4n) is 3.17. The van der Waals surface area contributed by atoms with Gasteiger partial charge in [-0.2, -0.15) is 10.4 Å². The van der Waals surface area contributed by atoms with Crippen molar-refractivity contribution in [2.75, 3.05) is 18.0 Å². The summed E-state index contributed by atoms with van der Waals surface area (Å²) in [5.41, 5.74) is 3.17. The molecule has 0 N–H and O–H groups in total. The molecule has 3 heterocycles. The molecule has 0 spiro atoms. The zero-order chi connectivity index (χ0) is 14.2. The standard InChI is InChI=1S/C15H16N6/c16-5-11-6-19-21(7-11)12-8-20(9-12)15-13-3-1-2-4-14(13)17-10-18-15/h6-7,10,12H,1-4,8-9H2. The van der Waals surface area contributed by atoms with Gasteiger partial charge in [0.05, 0.1) is 17.8 Å². The SMILES string of the molecule is N#Cc1cnn(C2CN(c3ncnc4c3CCCC4)C2)c1. The van der Waals surface area contributed by atoms with E-state index in [1.807, 2.05) is 10.9 Å². The van der Waals surface area contributed by atoms with Gasteiger partial charge in [-0.15, -0.1) is 0 Å². The molecule has 0 aromatic carbocycles. The fraction of sp³-hybridized carbons (Fsp3) is 0.467. The number of rotatable bonds is 2. The summed E-state index contributed by atoms with van der Waals surface area (Å²) in [6.07, 6.45) is 9.76. The number of aromatic nitrogens is 4. The highest BCUT2D eigenvalue weighted by Crippen LogP contribution is 2.32. The van der Waals surface area contributed by atoms with Crippen LogP contribution in [0.25, 0.3) is 0 Å². The zero-order valence-corrected chi connectivity index (χ0v) is 11.7. The molecule has 0 bridgehead atoms. The Morgan fingerprint density at radius 1 is 1.19 bits per heavy atom. The molecular formula is C15H16N6. The van der Waals surface area contributed by atoms with Gasteiger partial charge in [0.15, 0.2) is 0 Å². The highest BCUT2D eigenvalue weighted by Gasteiger charge is 2.32. The van der Waals surface area contributed by atoms with Gasteiger partial charge in [-0.3, -0.25) is 4.68 Å². The van der Waals surface area contributed by atoms with E-state index < -0.39 is 0 Å². The Balaban J connectivity index is 1.52. The predicted molar refractivity (Wildman–Crippen MR) is 76.9 cm³/mol. The Morgan fingerprint density at radius 2 is 2.05 bits per heavy atom. The first-order valence-electron chi connectivity index (χ1n) is 7.37. The van der Waals surface area contributed by atoms with Crippen LogP contribution in [0.2, 0.25) is 0 Å². The summed E-state index contributed by atoms with van der Waals surface area (Å²) in [5.74, 6) is 1.10. The minimum atomic E-state index is 0.335. The predicted octanol–water partition coefficient (Wildman–Crippen LogP) is 1.48. The second kappa shape index (κ2) is 4.85. The van der Waals surface area contributed by atoms with Crippen LogP contribution in [0.3, 0.4) is 0 Å². The minimum Gasteiger partial charge on any atom is -0.352 e. The van der Waals surface area contributed by atoms with E-state index in [9.17, 15) is 0 Å². The van der Waals surface area contributed by atoms with Crippen molar-refractivity contribution in [2.24, 2.45) is 0 Å². The molecule has 0 unspecified atom stereocenters. The lowest BCUT2D eigenvalue weighted by atomic mass is 9.95. The molecule has 4 rings (SSSR count). The lowest BCUT2D eigenvalue weighted by molar-refractivity contribution is 0.364. The minimum absolute atomic E-state index is 0.335. The first-order valence-corrected chi connectivity index (χ1v) is 7.37. The van der Waals surface area contributed by atoms with Gasteiger partial charge < -0.3 is 4.90 Å². The van der Waals surface area contributed by atoms with Crippen molar-refractivity contribution in [1.29, 1.82) is 5.26 Å². The summed E-state index contributed by atoms with van der Waals surface area (Å²) in [7, 11) is 0. The van der Waals surface area contributed by atoms with Crippen molar-refractivity contribution in [2.45, 2.75) is 31.7 Å². The van der Waals surface area contributed by atoms with E-state index in [-0.39, 0.29) is 0 Å². The van der Waals surface area contributed by atoms with Crippen LogP contribution in [-0.4, -0.2) is 32.8 Å². The smallest absolute Gasteiger partial charge is 0.135 e. The van der Waals surface area contributed by atoms with E-state index in [4.69, 9.17) is 5.26 Å². The Hall–Kier alpha value is -2.42. The van der Waals surface area contributed by atoms with Gasteiger partial charge >= 0.3 is 0 Å². The van der Waals surface area contributed by atoms with Crippen LogP contribution in [-0.2, 0) is 12.8 Å². The van der Waals surface area contributed by atoms with Gasteiger partial charge in [-0.05, 0) is 25.7 Å². The Morgan fingerprint density at radius 3 is 2.86 bits per heavy atom. The normalized spacial score (nSPS) is 18.0. The molecule has 6 nitrogen and oxygen atoms in total. The number of nitriles is 1. The maximum Gasteiger partial charge on any atom is 0.135 e. The summed E-state index contributed by atoms with van der Waals surface area (Å²) in [6.45, 7) is 1.80. The maximum absolute atomic E-state index is 8.86. The molecule has 0 saturated carbocycles. The molecule has 2 aromatic rings. The summed E-state index contributed by atoms with van der Waals surface area (Å²) in [5, 5.41) is 13.1. The molecule has 0 atom stereocenters. The van der Waals surface area contributed by atoms with Crippen molar-refractivity contribution in [3.05, 3.63) is 35.5 Å². The second-order valence-corrected chi connectivity index (χ2v) is 5.71. The van der Waals surface area contributed by atoms with E-state index in [0.717, 1.165) is 31.7 Å². The molecule has 1 saturated heterocycles. The van der Waals surface area contributed by atoms with E-state index in [1.54, 1.807) is 12.5 Å². The third-order valence-corrected chi connectivity index (χ3v) is 4.37. The topological polar surface area (TPSA) is 70.6 Å². The Kier molecular flexibility index (Phi) is 2.85. The van der Waals surface area contributed by atoms with Gasteiger partial charge in [-0.1, -0.05) is 0 Å². The molecule has 2 aromatic heterocycles. The van der Waals surface area contributed by atoms with Gasteiger partial charge in [-0.25, -0.2) is 9.97 Å². The van der Waals surface area contributed by atoms with E-state index in [1.165, 1.54) is 24.1 Å². The first kappa shape index (κ1) is 12.3. The van der Waals surface area contributed by atoms with Crippen LogP contribution in [0.5, 0.6) is 0 Å². The van der Waals surface area contributed by atoms with Crippen molar-refractivity contribution in [3.8, 4) is 6.07 Å². The van der Waals surface area contributed by atoms with E-state index >= 15 is 0 Å². The number of hydrogen-bond acceptors (Lipinski definition) is 5. The largest absolute Gasteiger partial charge is 0.352 e. The van der Waals surface area contributed by atoms with Crippen molar-refractivity contribution in [1.82, 2.24) is 19.7 Å². The quantitative estimate of drug-likeness (QED) is 0.833. The van der Waals surface area contributed by atoms with Crippen molar-refractivity contribution >= 4 is 5.82 Å². The molecule has 21 heavy (non-hydrogen) atoms. The summed E-state index contributed by atoms with van der Waals surface area (Å²) < 4.78 is 1.89. The third-order valence-electron chi connectivity index (χ3n) is 4.37. The molecule has 0 amide bonds. The lowest BCUT2D eigenvalue weighted by Gasteiger charge is -2.41. The number of fused-ring (bicyclic) bond motifs is 1. The van der Waals surface area contributed by atoms with Gasteiger partial charge in [0, 0.05) is 30.5 Å². The van der Waals surface area contributed by atoms with Gasteiger partial charge in [0.2, 0.25) is 0 Å². The van der Waals surface area contributed by atoms with Crippen LogP contribution < -0.4 is 4.90 Å². The van der Waals surface area contributed by atoms with Crippen LogP contribution in [0.15, 0.2) is 18.7 Å². The maximum atomic E-state index is 8.86. The Labute approximate surface area is 123 Å². The number of nitrogens with zero attached hydrogens (tertiary/aromatic N) is 6. The molecular weight excluding hydrogens is 264 g/mol. The van der Waals surface area contributed by atoms with Crippen LogP contribution in [0.4, 0.5) is 5.82 Å². The van der Waals surface area contributed by atoms with Gasteiger partial charge in [0.25, 0.3) is 0 Å². The molecule has 106 valence electrons. The third kappa shape index (κ3) is 2.05. The molecule has 2 aliphatic rings. The van der Waals surface area contributed by atoms with Crippen LogP contribution >= 0.6 is 0 Å². The first-order chi connectivity index (χ1) is 10.3. The summed E-state index contributed by atoms with van der Waals surface area (Å²) in [4.78, 5) is 11.2. The summed E-state index contributed by atoms with van der Waals surface area (Å²) >= 11 is 0. The number of anilines is 1. The van der Waals surface area contributed by atoms with Crippen molar-refractivity contribution in [3.63, 3.8) is 0 Å². The van der Waals surface area contributed by atoms with Gasteiger partial charge in [0.1, 0.15) is 18.2 Å². The van der Waals surface area contributed by atoms with Crippen LogP contribution in [0, 0.1) is 11.3 Å². The fourth-order valence-corrected chi connectivity index (χ4v) is 3.17. The summed E-state index contributed by atoms with van der Waals surface area (Å²) in [6, 6.07) is 2.45. The number of aryl methyl sites for hydroxylation is 1. The Bertz CT molecular complexity index is 707. The second-order valence-electron chi connectivity index (χ2n) is 5.71. The molecule has 1 aliphatic carbocycles. The van der Waals surface area contributed by atoms with E-state index in [2.05, 4.69) is 26.0 Å². The number of hydrogen-bond donors (Lipinski definition) is 0. The zero-order valence-electron chi connectivity index (χ0n) is 11.7. The molecule has 6 heteroatoms. The molecule has 0 radical (unpaired) electrons. The molecule has 1 fully saturated rings. The monoisotopic (exact) mass is 280 g/mol. The highest BCUT2D eigenvalue weighted by atomic mass is 15.4. The van der Waals surface area contributed by atoms with Crippen LogP contribution in [0.1, 0.15) is 35.7 Å². The lowest BCUT2D eigenvalue weighted by Crippen LogP contribution is -2.49.